The first kappa shape index (κ1) is 11.9. The summed E-state index contributed by atoms with van der Waals surface area (Å²) in [5.41, 5.74) is 11.2. The zero-order valence-corrected chi connectivity index (χ0v) is 10.4. The Labute approximate surface area is 101 Å². The summed E-state index contributed by atoms with van der Waals surface area (Å²) in [7, 11) is 1.99. The Morgan fingerprint density at radius 1 is 1.00 bits per heavy atom. The lowest BCUT2D eigenvalue weighted by molar-refractivity contribution is 0.339. The van der Waals surface area contributed by atoms with Crippen molar-refractivity contribution in [2.24, 2.45) is 5.92 Å². The molecule has 6 nitrogen and oxygen atoms in total. The molecule has 1 aliphatic rings. The molecule has 4 N–H and O–H groups in total. The van der Waals surface area contributed by atoms with Gasteiger partial charge in [-0.3, -0.25) is 0 Å². The van der Waals surface area contributed by atoms with Crippen LogP contribution in [-0.4, -0.2) is 28.0 Å². The maximum absolute atomic E-state index is 5.58. The second-order valence-corrected chi connectivity index (χ2v) is 4.88. The van der Waals surface area contributed by atoms with Crippen LogP contribution in [0.2, 0.25) is 0 Å². The van der Waals surface area contributed by atoms with E-state index in [0.717, 1.165) is 5.92 Å². The van der Waals surface area contributed by atoms with Crippen LogP contribution in [0.3, 0.4) is 0 Å². The molecule has 0 bridgehead atoms. The highest BCUT2D eigenvalue weighted by molar-refractivity contribution is 5.39. The number of nitrogens with two attached hydrogens (primary N) is 2. The summed E-state index contributed by atoms with van der Waals surface area (Å²) in [5, 5.41) is 0. The molecule has 1 fully saturated rings. The Hall–Kier alpha value is -1.59. The fourth-order valence-corrected chi connectivity index (χ4v) is 2.35. The Kier molecular flexibility index (Phi) is 3.31. The van der Waals surface area contributed by atoms with Gasteiger partial charge in [0.2, 0.25) is 17.8 Å². The zero-order valence-electron chi connectivity index (χ0n) is 10.4. The number of nitrogen functional groups attached to an aromatic ring is 2. The normalized spacial score (nSPS) is 24.6. The average molecular weight is 236 g/mol. The quantitative estimate of drug-likeness (QED) is 0.797. The van der Waals surface area contributed by atoms with Crippen molar-refractivity contribution >= 4 is 17.8 Å². The molecule has 6 heteroatoms. The van der Waals surface area contributed by atoms with Crippen molar-refractivity contribution in [3.8, 4) is 0 Å². The lowest BCUT2D eigenvalue weighted by Crippen LogP contribution is -2.36. The Balaban J connectivity index is 2.10. The highest BCUT2D eigenvalue weighted by atomic mass is 15.3. The van der Waals surface area contributed by atoms with Crippen molar-refractivity contribution in [2.45, 2.75) is 38.6 Å². The Morgan fingerprint density at radius 3 is 2.06 bits per heavy atom. The molecule has 0 amide bonds. The van der Waals surface area contributed by atoms with Crippen LogP contribution in [0, 0.1) is 5.92 Å². The molecular formula is C11H20N6. The van der Waals surface area contributed by atoms with Crippen molar-refractivity contribution in [2.75, 3.05) is 23.4 Å². The van der Waals surface area contributed by atoms with Crippen LogP contribution in [0.4, 0.5) is 17.8 Å². The summed E-state index contributed by atoms with van der Waals surface area (Å²) >= 11 is 0. The maximum Gasteiger partial charge on any atom is 0.231 e. The summed E-state index contributed by atoms with van der Waals surface area (Å²) in [5.74, 6) is 1.77. The maximum atomic E-state index is 5.58. The Bertz CT molecular complexity index is 365. The van der Waals surface area contributed by atoms with E-state index in [0.29, 0.717) is 12.0 Å². The van der Waals surface area contributed by atoms with Crippen LogP contribution in [0.15, 0.2) is 0 Å². The van der Waals surface area contributed by atoms with Gasteiger partial charge < -0.3 is 16.4 Å². The van der Waals surface area contributed by atoms with E-state index in [4.69, 9.17) is 11.5 Å². The van der Waals surface area contributed by atoms with Crippen LogP contribution in [0.5, 0.6) is 0 Å². The van der Waals surface area contributed by atoms with Gasteiger partial charge in [0.05, 0.1) is 0 Å². The molecule has 0 aromatic carbocycles. The number of hydrogen-bond acceptors (Lipinski definition) is 6. The van der Waals surface area contributed by atoms with E-state index in [1.807, 2.05) is 7.05 Å². The van der Waals surface area contributed by atoms with Crippen LogP contribution >= 0.6 is 0 Å². The van der Waals surface area contributed by atoms with Gasteiger partial charge in [0, 0.05) is 13.1 Å². The SMILES string of the molecule is CC1CCC(N(C)c2nc(N)nc(N)n2)CC1. The van der Waals surface area contributed by atoms with Gasteiger partial charge in [0.15, 0.2) is 0 Å². The van der Waals surface area contributed by atoms with Gasteiger partial charge in [0.25, 0.3) is 0 Å². The highest BCUT2D eigenvalue weighted by Gasteiger charge is 2.23. The minimum absolute atomic E-state index is 0.184. The summed E-state index contributed by atoms with van der Waals surface area (Å²) in [6, 6.07) is 0.479. The van der Waals surface area contributed by atoms with Crippen molar-refractivity contribution in [3.63, 3.8) is 0 Å². The lowest BCUT2D eigenvalue weighted by atomic mass is 9.87. The van der Waals surface area contributed by atoms with Crippen LogP contribution in [-0.2, 0) is 0 Å². The fourth-order valence-electron chi connectivity index (χ4n) is 2.35. The summed E-state index contributed by atoms with van der Waals surface area (Å²) in [4.78, 5) is 14.1. The first-order valence-corrected chi connectivity index (χ1v) is 6.06. The first-order chi connectivity index (χ1) is 8.06. The summed E-state index contributed by atoms with van der Waals surface area (Å²) < 4.78 is 0. The van der Waals surface area contributed by atoms with Crippen LogP contribution < -0.4 is 16.4 Å². The molecular weight excluding hydrogens is 216 g/mol. The topological polar surface area (TPSA) is 94.0 Å². The van der Waals surface area contributed by atoms with E-state index >= 15 is 0 Å². The van der Waals surface area contributed by atoms with Gasteiger partial charge in [-0.15, -0.1) is 0 Å². The van der Waals surface area contributed by atoms with Crippen LogP contribution in [0.25, 0.3) is 0 Å². The van der Waals surface area contributed by atoms with E-state index in [1.54, 1.807) is 0 Å². The minimum atomic E-state index is 0.184. The molecule has 0 atom stereocenters. The zero-order chi connectivity index (χ0) is 12.4. The Morgan fingerprint density at radius 2 is 1.53 bits per heavy atom. The number of nitrogens with zero attached hydrogens (tertiary/aromatic N) is 4. The number of aromatic nitrogens is 3. The van der Waals surface area contributed by atoms with E-state index in [9.17, 15) is 0 Å². The largest absolute Gasteiger partial charge is 0.368 e. The monoisotopic (exact) mass is 236 g/mol. The van der Waals surface area contributed by atoms with Gasteiger partial charge in [-0.1, -0.05) is 6.92 Å². The molecule has 2 rings (SSSR count). The molecule has 1 aromatic heterocycles. The summed E-state index contributed by atoms with van der Waals surface area (Å²) in [6.07, 6.45) is 4.85. The molecule has 0 aliphatic heterocycles. The predicted molar refractivity (Wildman–Crippen MR) is 68.5 cm³/mol. The van der Waals surface area contributed by atoms with Crippen molar-refractivity contribution < 1.29 is 0 Å². The standard InChI is InChI=1S/C11H20N6/c1-7-3-5-8(6-4-7)17(2)11-15-9(12)14-10(13)16-11/h7-8H,3-6H2,1-2H3,(H4,12,13,14,15,16). The van der Waals surface area contributed by atoms with Crippen LogP contribution in [0.1, 0.15) is 32.6 Å². The highest BCUT2D eigenvalue weighted by Crippen LogP contribution is 2.28. The first-order valence-electron chi connectivity index (χ1n) is 6.06. The second-order valence-electron chi connectivity index (χ2n) is 4.88. The van der Waals surface area contributed by atoms with E-state index < -0.39 is 0 Å². The molecule has 1 aromatic rings. The summed E-state index contributed by atoms with van der Waals surface area (Å²) in [6.45, 7) is 2.30. The smallest absolute Gasteiger partial charge is 0.231 e. The molecule has 0 unspecified atom stereocenters. The number of anilines is 3. The van der Waals surface area contributed by atoms with Crippen molar-refractivity contribution in [1.82, 2.24) is 15.0 Å². The average Bonchev–Trinajstić information content (AvgIpc) is 2.28. The number of hydrogen-bond donors (Lipinski definition) is 2. The fraction of sp³-hybridized carbons (Fsp3) is 0.727. The molecule has 17 heavy (non-hydrogen) atoms. The van der Waals surface area contributed by atoms with Gasteiger partial charge in [0.1, 0.15) is 0 Å². The molecule has 1 saturated carbocycles. The minimum Gasteiger partial charge on any atom is -0.368 e. The van der Waals surface area contributed by atoms with Gasteiger partial charge in [-0.2, -0.15) is 15.0 Å². The molecule has 1 heterocycles. The van der Waals surface area contributed by atoms with E-state index in [1.165, 1.54) is 25.7 Å². The van der Waals surface area contributed by atoms with Gasteiger partial charge >= 0.3 is 0 Å². The second kappa shape index (κ2) is 4.73. The third kappa shape index (κ3) is 2.75. The third-order valence-corrected chi connectivity index (χ3v) is 3.51. The third-order valence-electron chi connectivity index (χ3n) is 3.51. The number of rotatable bonds is 2. The molecule has 0 spiro atoms. The van der Waals surface area contributed by atoms with Crippen molar-refractivity contribution in [1.29, 1.82) is 0 Å². The van der Waals surface area contributed by atoms with Crippen molar-refractivity contribution in [3.05, 3.63) is 0 Å². The molecule has 1 aliphatic carbocycles. The van der Waals surface area contributed by atoms with Gasteiger partial charge in [-0.25, -0.2) is 0 Å². The van der Waals surface area contributed by atoms with E-state index in [-0.39, 0.29) is 11.9 Å². The predicted octanol–water partition coefficient (Wildman–Crippen LogP) is 1.05. The molecule has 0 radical (unpaired) electrons. The lowest BCUT2D eigenvalue weighted by Gasteiger charge is -2.33. The molecule has 0 saturated heterocycles. The van der Waals surface area contributed by atoms with Gasteiger partial charge in [-0.05, 0) is 31.6 Å². The molecule has 94 valence electrons. The van der Waals surface area contributed by atoms with E-state index in [2.05, 4.69) is 26.8 Å².